The van der Waals surface area contributed by atoms with E-state index in [1.807, 2.05) is 31.2 Å². The summed E-state index contributed by atoms with van der Waals surface area (Å²) in [6, 6.07) is 50.8. The largest absolute Gasteiger partial charge is 0.338 e. The zero-order valence-electron chi connectivity index (χ0n) is 33.0. The number of allylic oxidation sites excluding steroid dienone is 7. The van der Waals surface area contributed by atoms with Crippen molar-refractivity contribution in [1.29, 1.82) is 0 Å². The summed E-state index contributed by atoms with van der Waals surface area (Å²) in [6.07, 6.45) is 15.4. The zero-order valence-corrected chi connectivity index (χ0v) is 33.0. The predicted molar refractivity (Wildman–Crippen MR) is 240 cm³/mol. The Kier molecular flexibility index (Phi) is 15.2. The predicted octanol–water partition coefficient (Wildman–Crippen LogP) is 14.1. The van der Waals surface area contributed by atoms with E-state index in [-0.39, 0.29) is 5.92 Å². The van der Waals surface area contributed by atoms with Gasteiger partial charge >= 0.3 is 0 Å². The maximum absolute atomic E-state index is 5.63. The monoisotopic (exact) mass is 721 g/mol. The normalized spacial score (nSPS) is 12.9. The first kappa shape index (κ1) is 40.0. The second-order valence-corrected chi connectivity index (χ2v) is 13.7. The molecule has 5 aromatic carbocycles. The molecule has 3 heteroatoms. The number of para-hydroxylation sites is 1. The second kappa shape index (κ2) is 20.9. The van der Waals surface area contributed by atoms with Gasteiger partial charge in [-0.05, 0) is 103 Å². The van der Waals surface area contributed by atoms with E-state index in [1.165, 1.54) is 11.1 Å². The minimum atomic E-state index is 0.235. The molecule has 5 aromatic rings. The van der Waals surface area contributed by atoms with Crippen molar-refractivity contribution in [2.24, 2.45) is 10.9 Å². The molecular formula is C52H55N3. The van der Waals surface area contributed by atoms with E-state index in [4.69, 9.17) is 4.99 Å². The Morgan fingerprint density at radius 3 is 1.91 bits per heavy atom. The molecule has 0 spiro atoms. The lowest BCUT2D eigenvalue weighted by molar-refractivity contribution is 0.737. The molecule has 0 bridgehead atoms. The maximum atomic E-state index is 5.63. The molecule has 0 amide bonds. The van der Waals surface area contributed by atoms with Gasteiger partial charge in [0.1, 0.15) is 5.82 Å². The topological polar surface area (TPSA) is 18.8 Å². The number of anilines is 2. The Hall–Kier alpha value is -6.19. The Bertz CT molecular complexity index is 2120. The molecule has 3 nitrogen and oxygen atoms in total. The van der Waals surface area contributed by atoms with Crippen LogP contribution in [0.15, 0.2) is 217 Å². The molecule has 0 aromatic heterocycles. The molecule has 55 heavy (non-hydrogen) atoms. The lowest BCUT2D eigenvalue weighted by Crippen LogP contribution is -2.26. The van der Waals surface area contributed by atoms with Gasteiger partial charge in [0.05, 0.1) is 5.71 Å². The molecule has 278 valence electrons. The van der Waals surface area contributed by atoms with Crippen LogP contribution in [0.25, 0.3) is 16.7 Å². The number of hydrogen-bond acceptors (Lipinski definition) is 3. The van der Waals surface area contributed by atoms with E-state index in [0.717, 1.165) is 70.3 Å². The van der Waals surface area contributed by atoms with Crippen molar-refractivity contribution in [2.75, 3.05) is 16.3 Å². The van der Waals surface area contributed by atoms with E-state index in [0.29, 0.717) is 6.54 Å². The smallest absolute Gasteiger partial charge is 0.135 e. The van der Waals surface area contributed by atoms with Crippen molar-refractivity contribution in [3.8, 4) is 11.1 Å². The fourth-order valence-electron chi connectivity index (χ4n) is 6.44. The van der Waals surface area contributed by atoms with Crippen molar-refractivity contribution in [2.45, 2.75) is 47.0 Å². The standard InChI is InChI=1S/C52H55N3/c1-7-9-14-26-43(5)54(50-37-24-34-48(40-50)46-30-17-11-18-31-46)39-38-51(53-52(41(3)8-2)47-32-19-12-20-33-47)55(49-35-21-13-22-36-49)44(6)27-23-25-42(4)45-28-15-10-16-29-45/h7,9-22,24,26-38,40-41H,4-5,8,23,25,39H2,1-3,6H3/b9-7-,26-14-,44-27+,51-38+,53-52?. The maximum Gasteiger partial charge on any atom is 0.135 e. The summed E-state index contributed by atoms with van der Waals surface area (Å²) in [7, 11) is 0. The molecule has 1 unspecified atom stereocenters. The molecule has 0 heterocycles. The molecule has 0 aliphatic carbocycles. The van der Waals surface area contributed by atoms with E-state index in [2.05, 4.69) is 201 Å². The SMILES string of the molecule is C=C(CC/C=C(\C)N(/C(=C/CN(C(=C)/C=C\C=C/C)c1cccc(-c2ccccc2)c1)N=C(c1ccccc1)C(C)CC)c1ccccc1)c1ccccc1. The lowest BCUT2D eigenvalue weighted by Gasteiger charge is -2.29. The van der Waals surface area contributed by atoms with Crippen LogP contribution in [0, 0.1) is 5.92 Å². The van der Waals surface area contributed by atoms with Crippen molar-refractivity contribution in [1.82, 2.24) is 0 Å². The highest BCUT2D eigenvalue weighted by Crippen LogP contribution is 2.31. The Morgan fingerprint density at radius 2 is 1.27 bits per heavy atom. The quantitative estimate of drug-likeness (QED) is 0.0663. The average molecular weight is 722 g/mol. The molecule has 0 aliphatic rings. The third-order valence-corrected chi connectivity index (χ3v) is 9.71. The summed E-state index contributed by atoms with van der Waals surface area (Å²) < 4.78 is 0. The Balaban J connectivity index is 1.65. The fourth-order valence-corrected chi connectivity index (χ4v) is 6.44. The number of benzene rings is 5. The van der Waals surface area contributed by atoms with Crippen LogP contribution in [-0.4, -0.2) is 12.3 Å². The van der Waals surface area contributed by atoms with Gasteiger partial charge in [-0.25, -0.2) is 4.99 Å². The first-order valence-corrected chi connectivity index (χ1v) is 19.4. The minimum absolute atomic E-state index is 0.235. The number of hydrogen-bond donors (Lipinski definition) is 0. The summed E-state index contributed by atoms with van der Waals surface area (Å²) >= 11 is 0. The Morgan fingerprint density at radius 1 is 0.691 bits per heavy atom. The highest BCUT2D eigenvalue weighted by molar-refractivity contribution is 6.02. The van der Waals surface area contributed by atoms with Gasteiger partial charge in [-0.3, -0.25) is 4.90 Å². The van der Waals surface area contributed by atoms with Gasteiger partial charge in [0.25, 0.3) is 0 Å². The third-order valence-electron chi connectivity index (χ3n) is 9.71. The molecule has 0 fully saturated rings. The summed E-state index contributed by atoms with van der Waals surface area (Å²) in [5, 5.41) is 0. The first-order valence-electron chi connectivity index (χ1n) is 19.4. The first-order chi connectivity index (χ1) is 26.9. The van der Waals surface area contributed by atoms with E-state index in [1.54, 1.807) is 0 Å². The molecule has 5 rings (SSSR count). The fraction of sp³-hybridized carbons (Fsp3) is 0.173. The van der Waals surface area contributed by atoms with Gasteiger partial charge in [-0.15, -0.1) is 0 Å². The summed E-state index contributed by atoms with van der Waals surface area (Å²) in [6.45, 7) is 18.2. The van der Waals surface area contributed by atoms with E-state index >= 15 is 0 Å². The van der Waals surface area contributed by atoms with Gasteiger partial charge < -0.3 is 4.90 Å². The van der Waals surface area contributed by atoms with Crippen molar-refractivity contribution in [3.63, 3.8) is 0 Å². The van der Waals surface area contributed by atoms with Gasteiger partial charge in [-0.1, -0.05) is 173 Å². The molecular weight excluding hydrogens is 667 g/mol. The highest BCUT2D eigenvalue weighted by Gasteiger charge is 2.19. The summed E-state index contributed by atoms with van der Waals surface area (Å²) in [5.41, 5.74) is 10.9. The van der Waals surface area contributed by atoms with E-state index < -0.39 is 0 Å². The van der Waals surface area contributed by atoms with Crippen LogP contribution in [0.4, 0.5) is 11.4 Å². The molecule has 0 radical (unpaired) electrons. The van der Waals surface area contributed by atoms with E-state index in [9.17, 15) is 0 Å². The second-order valence-electron chi connectivity index (χ2n) is 13.7. The highest BCUT2D eigenvalue weighted by atomic mass is 15.2. The summed E-state index contributed by atoms with van der Waals surface area (Å²) in [4.78, 5) is 10.2. The minimum Gasteiger partial charge on any atom is -0.338 e. The molecule has 0 N–H and O–H groups in total. The van der Waals surface area contributed by atoms with Gasteiger partial charge in [0.2, 0.25) is 0 Å². The van der Waals surface area contributed by atoms with Crippen LogP contribution in [-0.2, 0) is 0 Å². The van der Waals surface area contributed by atoms with Crippen molar-refractivity contribution in [3.05, 3.63) is 224 Å². The van der Waals surface area contributed by atoms with Crippen LogP contribution in [0.3, 0.4) is 0 Å². The van der Waals surface area contributed by atoms with Crippen molar-refractivity contribution >= 4 is 22.7 Å². The number of nitrogens with zero attached hydrogens (tertiary/aromatic N) is 3. The van der Waals surface area contributed by atoms with Gasteiger partial charge in [-0.2, -0.15) is 0 Å². The summed E-state index contributed by atoms with van der Waals surface area (Å²) in [5.74, 6) is 1.09. The molecule has 1 atom stereocenters. The zero-order chi connectivity index (χ0) is 38.8. The van der Waals surface area contributed by atoms with Crippen LogP contribution in [0.5, 0.6) is 0 Å². The van der Waals surface area contributed by atoms with Crippen molar-refractivity contribution < 1.29 is 0 Å². The van der Waals surface area contributed by atoms with Gasteiger partial charge in [0.15, 0.2) is 0 Å². The van der Waals surface area contributed by atoms with Crippen LogP contribution >= 0.6 is 0 Å². The molecule has 0 saturated heterocycles. The van der Waals surface area contributed by atoms with Crippen LogP contribution in [0.1, 0.15) is 58.1 Å². The van der Waals surface area contributed by atoms with Crippen LogP contribution in [0.2, 0.25) is 0 Å². The molecule has 0 aliphatic heterocycles. The van der Waals surface area contributed by atoms with Crippen LogP contribution < -0.4 is 9.80 Å². The lowest BCUT2D eigenvalue weighted by atomic mass is 9.96. The third kappa shape index (κ3) is 11.4. The average Bonchev–Trinajstić information content (AvgIpc) is 3.24. The van der Waals surface area contributed by atoms with Gasteiger partial charge in [0, 0.05) is 29.3 Å². The number of rotatable bonds is 18. The number of aliphatic imine (C=N–C) groups is 1. The molecule has 0 saturated carbocycles. The Labute approximate surface area is 330 Å².